The fraction of sp³-hybridized carbons (Fsp3) is 0.944. The highest BCUT2D eigenvalue weighted by atomic mass is 127. The monoisotopic (exact) mass is 466 g/mol. The van der Waals surface area contributed by atoms with Crippen molar-refractivity contribution in [2.24, 2.45) is 4.99 Å². The second kappa shape index (κ2) is 10.5. The molecule has 0 bridgehead atoms. The van der Waals surface area contributed by atoms with Gasteiger partial charge in [0.05, 0.1) is 6.54 Å². The van der Waals surface area contributed by atoms with E-state index in [-0.39, 0.29) is 24.0 Å². The highest BCUT2D eigenvalue weighted by molar-refractivity contribution is 14.0. The number of nitrogens with one attached hydrogen (secondary N) is 1. The van der Waals surface area contributed by atoms with Crippen LogP contribution in [0, 0.1) is 0 Å². The van der Waals surface area contributed by atoms with E-state index >= 15 is 0 Å². The maximum Gasteiger partial charge on any atom is 0.193 e. The Balaban J connectivity index is 0.00000208. The molecular formula is C18H35IN4S. The van der Waals surface area contributed by atoms with E-state index in [0.717, 1.165) is 13.1 Å². The molecule has 3 aliphatic rings. The third-order valence-corrected chi connectivity index (χ3v) is 6.67. The van der Waals surface area contributed by atoms with Gasteiger partial charge in [-0.2, -0.15) is 11.8 Å². The zero-order valence-electron chi connectivity index (χ0n) is 15.3. The summed E-state index contributed by atoms with van der Waals surface area (Å²) in [5.41, 5.74) is 0.347. The summed E-state index contributed by atoms with van der Waals surface area (Å²) in [7, 11) is 0. The van der Waals surface area contributed by atoms with Gasteiger partial charge >= 0.3 is 0 Å². The summed E-state index contributed by atoms with van der Waals surface area (Å²) < 4.78 is 0. The van der Waals surface area contributed by atoms with Crippen molar-refractivity contribution in [3.05, 3.63) is 0 Å². The molecule has 140 valence electrons. The number of rotatable bonds is 4. The van der Waals surface area contributed by atoms with Gasteiger partial charge in [0.15, 0.2) is 5.96 Å². The lowest BCUT2D eigenvalue weighted by Crippen LogP contribution is -2.55. The van der Waals surface area contributed by atoms with Gasteiger partial charge in [-0.15, -0.1) is 24.0 Å². The predicted molar refractivity (Wildman–Crippen MR) is 117 cm³/mol. The van der Waals surface area contributed by atoms with Gasteiger partial charge in [0.2, 0.25) is 0 Å². The number of likely N-dealkylation sites (tertiary alicyclic amines) is 1. The number of hydrogen-bond acceptors (Lipinski definition) is 3. The van der Waals surface area contributed by atoms with Gasteiger partial charge in [-0.3, -0.25) is 9.89 Å². The van der Waals surface area contributed by atoms with Crippen molar-refractivity contribution in [1.29, 1.82) is 0 Å². The van der Waals surface area contributed by atoms with Crippen molar-refractivity contribution in [3.8, 4) is 0 Å². The molecule has 0 aromatic carbocycles. The Morgan fingerprint density at radius 3 is 2.29 bits per heavy atom. The summed E-state index contributed by atoms with van der Waals surface area (Å²) in [6.45, 7) is 9.04. The summed E-state index contributed by atoms with van der Waals surface area (Å²) in [6, 6.07) is 0. The van der Waals surface area contributed by atoms with Crippen molar-refractivity contribution in [1.82, 2.24) is 15.1 Å². The lowest BCUT2D eigenvalue weighted by atomic mass is 9.80. The molecule has 3 rings (SSSR count). The van der Waals surface area contributed by atoms with Gasteiger partial charge in [-0.05, 0) is 32.6 Å². The zero-order chi connectivity index (χ0) is 16.0. The summed E-state index contributed by atoms with van der Waals surface area (Å²) in [5, 5.41) is 3.54. The molecule has 2 heterocycles. The number of halogens is 1. The average molecular weight is 466 g/mol. The Morgan fingerprint density at radius 1 is 1.00 bits per heavy atom. The second-order valence-electron chi connectivity index (χ2n) is 7.25. The van der Waals surface area contributed by atoms with Crippen LogP contribution in [-0.2, 0) is 0 Å². The Bertz CT molecular complexity index is 386. The van der Waals surface area contributed by atoms with Crippen LogP contribution in [0.2, 0.25) is 0 Å². The molecule has 0 amide bonds. The third-order valence-electron chi connectivity index (χ3n) is 5.73. The zero-order valence-corrected chi connectivity index (χ0v) is 18.4. The lowest BCUT2D eigenvalue weighted by Gasteiger charge is -2.47. The fourth-order valence-electron chi connectivity index (χ4n) is 4.40. The van der Waals surface area contributed by atoms with Crippen molar-refractivity contribution >= 4 is 41.7 Å². The first kappa shape index (κ1) is 20.6. The number of thioether (sulfide) groups is 1. The number of guanidine groups is 1. The van der Waals surface area contributed by atoms with E-state index in [4.69, 9.17) is 4.99 Å². The Labute approximate surface area is 169 Å². The first-order chi connectivity index (χ1) is 11.3. The molecule has 0 aromatic heterocycles. The molecule has 1 N–H and O–H groups in total. The van der Waals surface area contributed by atoms with Crippen LogP contribution in [0.1, 0.15) is 51.9 Å². The molecular weight excluding hydrogens is 431 g/mol. The topological polar surface area (TPSA) is 30.9 Å². The van der Waals surface area contributed by atoms with Gasteiger partial charge in [0.25, 0.3) is 0 Å². The summed E-state index contributed by atoms with van der Waals surface area (Å²) >= 11 is 2.12. The van der Waals surface area contributed by atoms with Crippen LogP contribution >= 0.6 is 35.7 Å². The molecule has 24 heavy (non-hydrogen) atoms. The molecule has 0 spiro atoms. The average Bonchev–Trinajstić information content (AvgIpc) is 3.15. The number of nitrogens with zero attached hydrogens (tertiary/aromatic N) is 3. The Hall–Kier alpha value is 0.310. The fourth-order valence-corrected chi connectivity index (χ4v) is 5.30. The van der Waals surface area contributed by atoms with E-state index in [1.54, 1.807) is 0 Å². The minimum absolute atomic E-state index is 0. The van der Waals surface area contributed by atoms with Gasteiger partial charge in [-0.1, -0.05) is 19.3 Å². The number of hydrogen-bond donors (Lipinski definition) is 1. The maximum atomic E-state index is 5.15. The van der Waals surface area contributed by atoms with Crippen LogP contribution < -0.4 is 5.32 Å². The summed E-state index contributed by atoms with van der Waals surface area (Å²) in [6.07, 6.45) is 9.53. The molecule has 3 fully saturated rings. The molecule has 1 aliphatic carbocycles. The predicted octanol–water partition coefficient (Wildman–Crippen LogP) is 3.42. The smallest absolute Gasteiger partial charge is 0.193 e. The lowest BCUT2D eigenvalue weighted by molar-refractivity contribution is 0.0670. The molecule has 1 saturated carbocycles. The van der Waals surface area contributed by atoms with Crippen molar-refractivity contribution in [3.63, 3.8) is 0 Å². The van der Waals surface area contributed by atoms with Gasteiger partial charge in [0, 0.05) is 49.8 Å². The first-order valence-electron chi connectivity index (χ1n) is 9.70. The van der Waals surface area contributed by atoms with E-state index in [2.05, 4.69) is 33.8 Å². The van der Waals surface area contributed by atoms with Crippen molar-refractivity contribution < 1.29 is 0 Å². The Kier molecular flexibility index (Phi) is 8.98. The standard InChI is InChI=1S/C18H34N4S.HI/c1-2-19-17(21-10-6-7-11-21)20-16-18(8-4-3-5-9-18)22-12-14-23-15-13-22;/h2-16H2,1H3,(H,19,20);1H. The molecule has 2 saturated heterocycles. The summed E-state index contributed by atoms with van der Waals surface area (Å²) in [4.78, 5) is 10.4. The van der Waals surface area contributed by atoms with Crippen LogP contribution in [-0.4, -0.2) is 72.1 Å². The highest BCUT2D eigenvalue weighted by Crippen LogP contribution is 2.35. The van der Waals surface area contributed by atoms with Crippen LogP contribution in [0.5, 0.6) is 0 Å². The molecule has 0 unspecified atom stereocenters. The van der Waals surface area contributed by atoms with Crippen LogP contribution in [0.15, 0.2) is 4.99 Å². The quantitative estimate of drug-likeness (QED) is 0.391. The first-order valence-corrected chi connectivity index (χ1v) is 10.9. The normalized spacial score (nSPS) is 25.4. The van der Waals surface area contributed by atoms with Crippen LogP contribution in [0.4, 0.5) is 0 Å². The Morgan fingerprint density at radius 2 is 1.67 bits per heavy atom. The molecule has 6 heteroatoms. The van der Waals surface area contributed by atoms with Gasteiger partial charge in [-0.25, -0.2) is 0 Å². The van der Waals surface area contributed by atoms with E-state index in [0.29, 0.717) is 5.54 Å². The van der Waals surface area contributed by atoms with E-state index < -0.39 is 0 Å². The maximum absolute atomic E-state index is 5.15. The third kappa shape index (κ3) is 5.16. The molecule has 0 aromatic rings. The second-order valence-corrected chi connectivity index (χ2v) is 8.47. The van der Waals surface area contributed by atoms with Gasteiger partial charge < -0.3 is 10.2 Å². The van der Waals surface area contributed by atoms with E-state index in [1.807, 2.05) is 0 Å². The van der Waals surface area contributed by atoms with Gasteiger partial charge in [0.1, 0.15) is 0 Å². The molecule has 2 aliphatic heterocycles. The number of aliphatic imine (C=N–C) groups is 1. The SMILES string of the molecule is CCNC(=NCC1(N2CCSCC2)CCCCC1)N1CCCC1.I. The summed E-state index contributed by atoms with van der Waals surface area (Å²) in [5.74, 6) is 3.77. The molecule has 0 atom stereocenters. The minimum Gasteiger partial charge on any atom is -0.357 e. The highest BCUT2D eigenvalue weighted by Gasteiger charge is 2.38. The largest absolute Gasteiger partial charge is 0.357 e. The minimum atomic E-state index is 0. The van der Waals surface area contributed by atoms with Crippen molar-refractivity contribution in [2.75, 3.05) is 50.8 Å². The van der Waals surface area contributed by atoms with Crippen LogP contribution in [0.25, 0.3) is 0 Å². The van der Waals surface area contributed by atoms with E-state index in [1.165, 1.54) is 88.6 Å². The van der Waals surface area contributed by atoms with E-state index in [9.17, 15) is 0 Å². The molecule has 0 radical (unpaired) electrons. The molecule has 4 nitrogen and oxygen atoms in total. The van der Waals surface area contributed by atoms with Crippen molar-refractivity contribution in [2.45, 2.75) is 57.4 Å². The van der Waals surface area contributed by atoms with Crippen LogP contribution in [0.3, 0.4) is 0 Å².